The number of hydrogen-bond acceptors (Lipinski definition) is 3. The summed E-state index contributed by atoms with van der Waals surface area (Å²) in [6, 6.07) is 14.0. The van der Waals surface area contributed by atoms with Crippen molar-refractivity contribution < 1.29 is 36.3 Å². The zero-order chi connectivity index (χ0) is 21.7. The van der Waals surface area contributed by atoms with Gasteiger partial charge in [0.15, 0.2) is 0 Å². The Morgan fingerprint density at radius 1 is 0.966 bits per heavy atom. The van der Waals surface area contributed by atoms with Crippen molar-refractivity contribution in [2.45, 2.75) is 18.7 Å². The average Bonchev–Trinajstić information content (AvgIpc) is 2.69. The molecule has 1 N–H and O–H groups in total. The second kappa shape index (κ2) is 8.89. The lowest BCUT2D eigenvalue weighted by atomic mass is 10.2. The minimum Gasteiger partial charge on any atom is -0.444 e. The van der Waals surface area contributed by atoms with E-state index in [4.69, 9.17) is 4.74 Å². The van der Waals surface area contributed by atoms with E-state index in [1.54, 1.807) is 29.6 Å². The molecule has 0 aliphatic heterocycles. The van der Waals surface area contributed by atoms with Gasteiger partial charge in [-0.15, -0.1) is 0 Å². The average molecular weight is 416 g/mol. The van der Waals surface area contributed by atoms with Gasteiger partial charge in [0.25, 0.3) is 5.91 Å². The molecule has 0 unspecified atom stereocenters. The normalized spacial score (nSPS) is 11.7. The fourth-order valence-electron chi connectivity index (χ4n) is 2.15. The molecule has 0 bridgehead atoms. The van der Waals surface area contributed by atoms with Crippen LogP contribution in [0.4, 0.5) is 32.4 Å². The largest absolute Gasteiger partial charge is 0.455 e. The molecule has 2 rings (SSSR count). The summed E-state index contributed by atoms with van der Waals surface area (Å²) < 4.78 is 67.2. The van der Waals surface area contributed by atoms with E-state index in [2.05, 4.69) is 0 Å². The second-order valence-corrected chi connectivity index (χ2v) is 6.03. The number of nitrogens with zero attached hydrogens (tertiary/aromatic N) is 1. The number of benzene rings is 2. The standard InChI is InChI=1S/C19H17F5N2O3/c1-26(17(28)29-11-13-5-3-2-4-6-13)15-9-7-14(8-10-15)16(27)25-12-18(20,21)19(22,23)24/h2-10H,11-12H2,1H3,(H,25,27). The Balaban J connectivity index is 1.93. The van der Waals surface area contributed by atoms with E-state index in [0.29, 0.717) is 5.69 Å². The van der Waals surface area contributed by atoms with Crippen molar-refractivity contribution in [2.75, 3.05) is 18.5 Å². The second-order valence-electron chi connectivity index (χ2n) is 6.03. The number of nitrogens with one attached hydrogen (secondary N) is 1. The molecule has 2 aromatic rings. The van der Waals surface area contributed by atoms with Crippen LogP contribution in [-0.2, 0) is 11.3 Å². The third-order valence-corrected chi connectivity index (χ3v) is 3.88. The van der Waals surface area contributed by atoms with Gasteiger partial charge in [0, 0.05) is 18.3 Å². The third-order valence-electron chi connectivity index (χ3n) is 3.88. The van der Waals surface area contributed by atoms with Gasteiger partial charge in [-0.25, -0.2) is 4.79 Å². The number of carbonyl (C=O) groups is 2. The molecular formula is C19H17F5N2O3. The molecule has 0 spiro atoms. The lowest BCUT2D eigenvalue weighted by Crippen LogP contribution is -2.46. The molecule has 2 aromatic carbocycles. The molecule has 2 amide bonds. The van der Waals surface area contributed by atoms with Crippen LogP contribution in [-0.4, -0.2) is 37.7 Å². The number of ether oxygens (including phenoxy) is 1. The molecule has 0 saturated heterocycles. The van der Waals surface area contributed by atoms with E-state index in [1.165, 1.54) is 31.3 Å². The zero-order valence-electron chi connectivity index (χ0n) is 15.2. The lowest BCUT2D eigenvalue weighted by Gasteiger charge is -2.20. The molecule has 0 aliphatic rings. The summed E-state index contributed by atoms with van der Waals surface area (Å²) in [7, 11) is 1.42. The fourth-order valence-corrected chi connectivity index (χ4v) is 2.15. The van der Waals surface area contributed by atoms with Crippen molar-refractivity contribution in [3.05, 3.63) is 65.7 Å². The summed E-state index contributed by atoms with van der Waals surface area (Å²) >= 11 is 0. The summed E-state index contributed by atoms with van der Waals surface area (Å²) in [5.41, 5.74) is 0.981. The number of carbonyl (C=O) groups excluding carboxylic acids is 2. The minimum absolute atomic E-state index is 0.0535. The highest BCUT2D eigenvalue weighted by Crippen LogP contribution is 2.34. The molecular weight excluding hydrogens is 399 g/mol. The number of rotatable bonds is 6. The molecule has 29 heavy (non-hydrogen) atoms. The first kappa shape index (κ1) is 22.1. The Morgan fingerprint density at radius 3 is 2.10 bits per heavy atom. The molecule has 0 aliphatic carbocycles. The van der Waals surface area contributed by atoms with E-state index in [0.717, 1.165) is 10.5 Å². The quantitative estimate of drug-likeness (QED) is 0.711. The number of alkyl halides is 5. The molecule has 0 aromatic heterocycles. The van der Waals surface area contributed by atoms with Crippen LogP contribution < -0.4 is 10.2 Å². The Hall–Kier alpha value is -3.17. The summed E-state index contributed by atoms with van der Waals surface area (Å²) in [6.45, 7) is -1.82. The smallest absolute Gasteiger partial charge is 0.444 e. The van der Waals surface area contributed by atoms with Gasteiger partial charge >= 0.3 is 18.2 Å². The van der Waals surface area contributed by atoms with Crippen LogP contribution in [0.25, 0.3) is 0 Å². The Kier molecular flexibility index (Phi) is 6.78. The maximum absolute atomic E-state index is 12.9. The van der Waals surface area contributed by atoms with Crippen LogP contribution in [0.15, 0.2) is 54.6 Å². The summed E-state index contributed by atoms with van der Waals surface area (Å²) in [5, 5.41) is 1.54. The monoisotopic (exact) mass is 416 g/mol. The van der Waals surface area contributed by atoms with Crippen LogP contribution in [0.5, 0.6) is 0 Å². The van der Waals surface area contributed by atoms with Crippen LogP contribution in [0, 0.1) is 0 Å². The maximum Gasteiger partial charge on any atom is 0.455 e. The van der Waals surface area contributed by atoms with Gasteiger partial charge in [0.2, 0.25) is 0 Å². The molecule has 0 atom stereocenters. The van der Waals surface area contributed by atoms with E-state index < -0.39 is 30.6 Å². The highest BCUT2D eigenvalue weighted by atomic mass is 19.4. The van der Waals surface area contributed by atoms with Crippen molar-refractivity contribution >= 4 is 17.7 Å². The van der Waals surface area contributed by atoms with Crippen molar-refractivity contribution in [3.8, 4) is 0 Å². The Bertz CT molecular complexity index is 839. The van der Waals surface area contributed by atoms with Gasteiger partial charge in [-0.3, -0.25) is 9.69 Å². The van der Waals surface area contributed by atoms with Gasteiger partial charge in [-0.1, -0.05) is 30.3 Å². The van der Waals surface area contributed by atoms with E-state index >= 15 is 0 Å². The topological polar surface area (TPSA) is 58.6 Å². The first-order valence-electron chi connectivity index (χ1n) is 8.28. The zero-order valence-corrected chi connectivity index (χ0v) is 15.2. The van der Waals surface area contributed by atoms with Crippen molar-refractivity contribution in [1.82, 2.24) is 5.32 Å². The van der Waals surface area contributed by atoms with E-state index in [1.807, 2.05) is 6.07 Å². The molecule has 156 valence electrons. The lowest BCUT2D eigenvalue weighted by molar-refractivity contribution is -0.278. The van der Waals surface area contributed by atoms with Gasteiger partial charge < -0.3 is 10.1 Å². The molecule has 0 radical (unpaired) electrons. The van der Waals surface area contributed by atoms with Crippen molar-refractivity contribution in [3.63, 3.8) is 0 Å². The molecule has 5 nitrogen and oxygen atoms in total. The van der Waals surface area contributed by atoms with Crippen LogP contribution in [0.3, 0.4) is 0 Å². The Morgan fingerprint density at radius 2 is 1.55 bits per heavy atom. The number of halogens is 5. The first-order chi connectivity index (χ1) is 13.5. The highest BCUT2D eigenvalue weighted by molar-refractivity contribution is 5.95. The van der Waals surface area contributed by atoms with E-state index in [-0.39, 0.29) is 12.2 Å². The van der Waals surface area contributed by atoms with Gasteiger partial charge in [-0.05, 0) is 29.8 Å². The molecule has 0 heterocycles. The van der Waals surface area contributed by atoms with Crippen LogP contribution >= 0.6 is 0 Å². The van der Waals surface area contributed by atoms with Crippen molar-refractivity contribution in [2.24, 2.45) is 0 Å². The van der Waals surface area contributed by atoms with Crippen molar-refractivity contribution in [1.29, 1.82) is 0 Å². The predicted octanol–water partition coefficient (Wildman–Crippen LogP) is 4.39. The predicted molar refractivity (Wildman–Crippen MR) is 94.8 cm³/mol. The summed E-state index contributed by atoms with van der Waals surface area (Å²) in [6.07, 6.45) is -6.43. The summed E-state index contributed by atoms with van der Waals surface area (Å²) in [4.78, 5) is 25.0. The Labute approximate surface area is 163 Å². The molecule has 0 saturated carbocycles. The number of anilines is 1. The third kappa shape index (κ3) is 5.90. The minimum atomic E-state index is -5.76. The SMILES string of the molecule is CN(C(=O)OCc1ccccc1)c1ccc(C(=O)NCC(F)(F)C(F)(F)F)cc1. The van der Waals surface area contributed by atoms with Gasteiger partial charge in [0.05, 0.1) is 6.54 Å². The van der Waals surface area contributed by atoms with Gasteiger partial charge in [0.1, 0.15) is 6.61 Å². The number of amides is 2. The van der Waals surface area contributed by atoms with Crippen LogP contribution in [0.2, 0.25) is 0 Å². The fraction of sp³-hybridized carbons (Fsp3) is 0.263. The van der Waals surface area contributed by atoms with Gasteiger partial charge in [-0.2, -0.15) is 22.0 Å². The number of hydrogen-bond donors (Lipinski definition) is 1. The first-order valence-corrected chi connectivity index (χ1v) is 8.28. The van der Waals surface area contributed by atoms with Crippen LogP contribution in [0.1, 0.15) is 15.9 Å². The summed E-state index contributed by atoms with van der Waals surface area (Å²) in [5.74, 6) is -6.14. The molecule has 10 heteroatoms. The highest BCUT2D eigenvalue weighted by Gasteiger charge is 2.57. The maximum atomic E-state index is 12.9. The molecule has 0 fully saturated rings. The van der Waals surface area contributed by atoms with E-state index in [9.17, 15) is 31.5 Å².